The average molecular weight is 337 g/mol. The Morgan fingerprint density at radius 3 is 2.33 bits per heavy atom. The number of nitrogens with one attached hydrogen (secondary N) is 1. The molecule has 5 nitrogen and oxygen atoms in total. The second-order valence-electron chi connectivity index (χ2n) is 4.77. The van der Waals surface area contributed by atoms with Crippen LogP contribution in [0.4, 0.5) is 8.78 Å². The van der Waals surface area contributed by atoms with Gasteiger partial charge in [-0.15, -0.1) is 0 Å². The first kappa shape index (κ1) is 17.5. The van der Waals surface area contributed by atoms with Gasteiger partial charge in [-0.05, 0) is 35.9 Å². The molecule has 0 bridgehead atoms. The van der Waals surface area contributed by atoms with E-state index >= 15 is 0 Å². The zero-order valence-corrected chi connectivity index (χ0v) is 13.2. The van der Waals surface area contributed by atoms with E-state index in [1.807, 2.05) is 12.1 Å². The molecule has 0 spiro atoms. The minimum absolute atomic E-state index is 0.0624. The van der Waals surface area contributed by atoms with Crippen molar-refractivity contribution in [1.82, 2.24) is 5.32 Å². The van der Waals surface area contributed by atoms with Crippen molar-refractivity contribution < 1.29 is 27.8 Å². The number of benzene rings is 2. The van der Waals surface area contributed by atoms with Gasteiger partial charge in [-0.1, -0.05) is 12.1 Å². The minimum atomic E-state index is -2.96. The summed E-state index contributed by atoms with van der Waals surface area (Å²) in [7, 11) is 2.89. The van der Waals surface area contributed by atoms with E-state index in [1.165, 1.54) is 25.3 Å². The molecule has 24 heavy (non-hydrogen) atoms. The molecule has 0 radical (unpaired) electrons. The van der Waals surface area contributed by atoms with Gasteiger partial charge in [0.15, 0.2) is 11.5 Å². The number of amides is 1. The van der Waals surface area contributed by atoms with Gasteiger partial charge in [0.1, 0.15) is 5.75 Å². The molecule has 1 amide bonds. The monoisotopic (exact) mass is 337 g/mol. The van der Waals surface area contributed by atoms with Crippen molar-refractivity contribution in [2.75, 3.05) is 14.2 Å². The van der Waals surface area contributed by atoms with Crippen LogP contribution < -0.4 is 19.5 Å². The van der Waals surface area contributed by atoms with Crippen LogP contribution >= 0.6 is 0 Å². The molecule has 0 saturated heterocycles. The molecule has 0 aliphatic heterocycles. The van der Waals surface area contributed by atoms with Crippen molar-refractivity contribution >= 4 is 5.91 Å². The zero-order chi connectivity index (χ0) is 17.5. The number of hydrogen-bond acceptors (Lipinski definition) is 4. The highest BCUT2D eigenvalue weighted by Gasteiger charge is 2.14. The van der Waals surface area contributed by atoms with Gasteiger partial charge >= 0.3 is 6.61 Å². The minimum Gasteiger partial charge on any atom is -0.497 e. The van der Waals surface area contributed by atoms with Crippen molar-refractivity contribution in [3.8, 4) is 17.2 Å². The summed E-state index contributed by atoms with van der Waals surface area (Å²) in [5.74, 6) is 0.309. The van der Waals surface area contributed by atoms with Gasteiger partial charge in [-0.2, -0.15) is 8.78 Å². The van der Waals surface area contributed by atoms with E-state index in [9.17, 15) is 13.6 Å². The number of rotatable bonds is 7. The highest BCUT2D eigenvalue weighted by Crippen LogP contribution is 2.29. The highest BCUT2D eigenvalue weighted by atomic mass is 19.3. The van der Waals surface area contributed by atoms with Crippen LogP contribution in [0.15, 0.2) is 42.5 Å². The van der Waals surface area contributed by atoms with Gasteiger partial charge in [0.25, 0.3) is 5.91 Å². The Bertz CT molecular complexity index is 689. The standard InChI is InChI=1S/C17H17F2NO4/c1-22-13-6-3-11(4-7-13)10-20-16(21)12-5-8-14(24-17(18)19)15(9-12)23-2/h3-9,17H,10H2,1-2H3,(H,20,21). The predicted octanol–water partition coefficient (Wildman–Crippen LogP) is 3.24. The Balaban J connectivity index is 2.03. The molecule has 7 heteroatoms. The molecule has 2 aromatic carbocycles. The van der Waals surface area contributed by atoms with Crippen molar-refractivity contribution in [3.63, 3.8) is 0 Å². The molecule has 128 valence electrons. The summed E-state index contributed by atoms with van der Waals surface area (Å²) in [5.41, 5.74) is 1.18. The highest BCUT2D eigenvalue weighted by molar-refractivity contribution is 5.94. The number of hydrogen-bond donors (Lipinski definition) is 1. The molecule has 0 aliphatic carbocycles. The maximum atomic E-state index is 12.3. The number of alkyl halides is 2. The van der Waals surface area contributed by atoms with Gasteiger partial charge in [0, 0.05) is 12.1 Å². The van der Waals surface area contributed by atoms with Crippen LogP contribution in [0.2, 0.25) is 0 Å². The molecule has 0 aromatic heterocycles. The summed E-state index contributed by atoms with van der Waals surface area (Å²) >= 11 is 0. The van der Waals surface area contributed by atoms with Gasteiger partial charge in [-0.25, -0.2) is 0 Å². The van der Waals surface area contributed by atoms with E-state index < -0.39 is 6.61 Å². The second-order valence-corrected chi connectivity index (χ2v) is 4.77. The lowest BCUT2D eigenvalue weighted by molar-refractivity contribution is -0.0512. The molecule has 2 rings (SSSR count). The van der Waals surface area contributed by atoms with Gasteiger partial charge in [0.2, 0.25) is 0 Å². The van der Waals surface area contributed by atoms with E-state index in [0.29, 0.717) is 6.54 Å². The molecule has 2 aromatic rings. The summed E-state index contributed by atoms with van der Waals surface area (Å²) in [5, 5.41) is 2.74. The molecular formula is C17H17F2NO4. The number of ether oxygens (including phenoxy) is 3. The molecule has 0 atom stereocenters. The third-order valence-electron chi connectivity index (χ3n) is 3.25. The van der Waals surface area contributed by atoms with Crippen LogP contribution in [0.3, 0.4) is 0 Å². The largest absolute Gasteiger partial charge is 0.497 e. The van der Waals surface area contributed by atoms with Gasteiger partial charge < -0.3 is 19.5 Å². The second kappa shape index (κ2) is 8.14. The smallest absolute Gasteiger partial charge is 0.387 e. The average Bonchev–Trinajstić information content (AvgIpc) is 2.60. The summed E-state index contributed by atoms with van der Waals surface area (Å²) < 4.78 is 38.9. The van der Waals surface area contributed by atoms with Gasteiger partial charge in [0.05, 0.1) is 14.2 Å². The molecule has 1 N–H and O–H groups in total. The SMILES string of the molecule is COc1ccc(CNC(=O)c2ccc(OC(F)F)c(OC)c2)cc1. The van der Waals surface area contributed by atoms with Crippen molar-refractivity contribution in [2.45, 2.75) is 13.2 Å². The summed E-state index contributed by atoms with van der Waals surface area (Å²) in [4.78, 5) is 12.2. The summed E-state index contributed by atoms with van der Waals surface area (Å²) in [6.45, 7) is -2.64. The Morgan fingerprint density at radius 1 is 1.04 bits per heavy atom. The molecule has 0 heterocycles. The Labute approximate surface area is 138 Å². The third kappa shape index (κ3) is 4.58. The Kier molecular flexibility index (Phi) is 5.95. The topological polar surface area (TPSA) is 56.8 Å². The number of methoxy groups -OCH3 is 2. The first-order valence-electron chi connectivity index (χ1n) is 7.07. The lowest BCUT2D eigenvalue weighted by Crippen LogP contribution is -2.22. The van der Waals surface area contributed by atoms with Crippen LogP contribution in [0.5, 0.6) is 17.2 Å². The van der Waals surface area contributed by atoms with E-state index in [4.69, 9.17) is 9.47 Å². The molecule has 0 unspecified atom stereocenters. The Hall–Kier alpha value is -2.83. The van der Waals surface area contributed by atoms with E-state index in [-0.39, 0.29) is 23.0 Å². The lowest BCUT2D eigenvalue weighted by atomic mass is 10.1. The van der Waals surface area contributed by atoms with Crippen molar-refractivity contribution in [3.05, 3.63) is 53.6 Å². The fourth-order valence-corrected chi connectivity index (χ4v) is 2.03. The van der Waals surface area contributed by atoms with Crippen LogP contribution in [-0.2, 0) is 6.54 Å². The maximum Gasteiger partial charge on any atom is 0.387 e. The van der Waals surface area contributed by atoms with E-state index in [0.717, 1.165) is 11.3 Å². The number of carbonyl (C=O) groups is 1. The van der Waals surface area contributed by atoms with E-state index in [2.05, 4.69) is 10.1 Å². The first-order valence-corrected chi connectivity index (χ1v) is 7.07. The van der Waals surface area contributed by atoms with Crippen LogP contribution in [0.1, 0.15) is 15.9 Å². The molecule has 0 fully saturated rings. The molecular weight excluding hydrogens is 320 g/mol. The first-order chi connectivity index (χ1) is 11.5. The quantitative estimate of drug-likeness (QED) is 0.843. The summed E-state index contributed by atoms with van der Waals surface area (Å²) in [6, 6.07) is 11.3. The number of carbonyl (C=O) groups excluding carboxylic acids is 1. The normalized spacial score (nSPS) is 10.4. The lowest BCUT2D eigenvalue weighted by Gasteiger charge is -2.11. The fourth-order valence-electron chi connectivity index (χ4n) is 2.03. The van der Waals surface area contributed by atoms with Crippen molar-refractivity contribution in [2.24, 2.45) is 0 Å². The molecule has 0 aliphatic rings. The fraction of sp³-hybridized carbons (Fsp3) is 0.235. The summed E-state index contributed by atoms with van der Waals surface area (Å²) in [6.07, 6.45) is 0. The molecule has 0 saturated carbocycles. The number of halogens is 2. The Morgan fingerprint density at radius 2 is 1.75 bits per heavy atom. The van der Waals surface area contributed by atoms with Crippen LogP contribution in [0, 0.1) is 0 Å². The van der Waals surface area contributed by atoms with Crippen LogP contribution in [0.25, 0.3) is 0 Å². The van der Waals surface area contributed by atoms with Gasteiger partial charge in [-0.3, -0.25) is 4.79 Å². The van der Waals surface area contributed by atoms with Crippen LogP contribution in [-0.4, -0.2) is 26.7 Å². The zero-order valence-electron chi connectivity index (χ0n) is 13.2. The third-order valence-corrected chi connectivity index (χ3v) is 3.25. The maximum absolute atomic E-state index is 12.3. The van der Waals surface area contributed by atoms with Crippen molar-refractivity contribution in [1.29, 1.82) is 0 Å². The van der Waals surface area contributed by atoms with E-state index in [1.54, 1.807) is 19.2 Å². The predicted molar refractivity (Wildman–Crippen MR) is 83.8 cm³/mol.